The van der Waals surface area contributed by atoms with Gasteiger partial charge in [-0.3, -0.25) is 20.3 Å². The van der Waals surface area contributed by atoms with E-state index >= 15 is 0 Å². The van der Waals surface area contributed by atoms with E-state index in [-0.39, 0.29) is 0 Å². The van der Waals surface area contributed by atoms with Crippen LogP contribution in [-0.4, -0.2) is 17.8 Å². The Labute approximate surface area is 139 Å². The molecule has 6 heteroatoms. The largest absolute Gasteiger partial charge is 0.370 e. The number of nitrogens with one attached hydrogen (secondary N) is 2. The third-order valence-electron chi connectivity index (χ3n) is 3.40. The number of hydrogen-bond donors (Lipinski definition) is 4. The first kappa shape index (κ1) is 17.0. The molecule has 0 saturated heterocycles. The van der Waals surface area contributed by atoms with E-state index < -0.39 is 17.8 Å². The molecule has 2 rings (SSSR count). The van der Waals surface area contributed by atoms with Gasteiger partial charge in [0.2, 0.25) is 5.91 Å². The normalized spacial score (nSPS) is 11.0. The van der Waals surface area contributed by atoms with Crippen LogP contribution in [0.1, 0.15) is 22.8 Å². The van der Waals surface area contributed by atoms with Crippen LogP contribution >= 0.6 is 0 Å². The molecule has 6 N–H and O–H groups in total. The number of carbonyl (C=O) groups is 2. The van der Waals surface area contributed by atoms with Gasteiger partial charge in [0, 0.05) is 11.1 Å². The van der Waals surface area contributed by atoms with Gasteiger partial charge in [-0.05, 0) is 41.8 Å². The molecule has 0 bridgehead atoms. The van der Waals surface area contributed by atoms with Crippen molar-refractivity contribution in [1.82, 2.24) is 5.32 Å². The van der Waals surface area contributed by atoms with Gasteiger partial charge in [-0.15, -0.1) is 0 Å². The van der Waals surface area contributed by atoms with Crippen LogP contribution < -0.4 is 16.8 Å². The molecule has 0 radical (unpaired) electrons. The summed E-state index contributed by atoms with van der Waals surface area (Å²) in [6.45, 7) is 1.63. The smallest absolute Gasteiger partial charge is 0.253 e. The van der Waals surface area contributed by atoms with E-state index in [1.165, 1.54) is 0 Å². The molecule has 2 aromatic carbocycles. The van der Waals surface area contributed by atoms with Crippen LogP contribution in [0.3, 0.4) is 0 Å². The molecule has 0 aliphatic heterocycles. The van der Waals surface area contributed by atoms with E-state index in [9.17, 15) is 9.59 Å². The fraction of sp³-hybridized carbons (Fsp3) is 0.0556. The predicted molar refractivity (Wildman–Crippen MR) is 94.1 cm³/mol. The quantitative estimate of drug-likeness (QED) is 0.390. The number of carbonyl (C=O) groups excluding carboxylic acids is 2. The van der Waals surface area contributed by atoms with E-state index in [2.05, 4.69) is 5.32 Å². The van der Waals surface area contributed by atoms with E-state index in [1.807, 2.05) is 30.3 Å². The molecule has 0 unspecified atom stereocenters. The molecule has 0 aliphatic carbocycles. The standard InChI is InChI=1S/C18H18N4O2/c1-11(17(24)22-18(20)21)9-12-5-2-3-8-15(12)13-6-4-7-14(10-13)16(19)23/h2-10H,1H3,(H2,19,23)(H4,20,21,22,24)/b11-9+. The molecule has 0 spiro atoms. The third-order valence-corrected chi connectivity index (χ3v) is 3.40. The second-order valence-corrected chi connectivity index (χ2v) is 5.23. The molecule has 24 heavy (non-hydrogen) atoms. The van der Waals surface area contributed by atoms with Gasteiger partial charge < -0.3 is 11.5 Å². The van der Waals surface area contributed by atoms with Crippen LogP contribution in [0.2, 0.25) is 0 Å². The summed E-state index contributed by atoms with van der Waals surface area (Å²) < 4.78 is 0. The molecule has 0 saturated carbocycles. The lowest BCUT2D eigenvalue weighted by Gasteiger charge is -2.09. The second kappa shape index (κ2) is 7.23. The number of guanidine groups is 1. The van der Waals surface area contributed by atoms with Gasteiger partial charge in [-0.25, -0.2) is 0 Å². The van der Waals surface area contributed by atoms with Crippen molar-refractivity contribution in [3.63, 3.8) is 0 Å². The zero-order valence-corrected chi connectivity index (χ0v) is 13.2. The first-order chi connectivity index (χ1) is 11.4. The predicted octanol–water partition coefficient (Wildman–Crippen LogP) is 1.87. The number of hydrogen-bond acceptors (Lipinski definition) is 3. The Morgan fingerprint density at radius 1 is 1.08 bits per heavy atom. The fourth-order valence-corrected chi connectivity index (χ4v) is 2.25. The maximum Gasteiger partial charge on any atom is 0.253 e. The highest BCUT2D eigenvalue weighted by atomic mass is 16.2. The van der Waals surface area contributed by atoms with Gasteiger partial charge in [0.25, 0.3) is 5.91 Å². The van der Waals surface area contributed by atoms with Crippen molar-refractivity contribution in [2.45, 2.75) is 6.92 Å². The minimum absolute atomic E-state index is 0.406. The number of benzene rings is 2. The van der Waals surface area contributed by atoms with Crippen molar-refractivity contribution in [2.24, 2.45) is 11.5 Å². The Morgan fingerprint density at radius 3 is 2.46 bits per heavy atom. The third kappa shape index (κ3) is 4.07. The van der Waals surface area contributed by atoms with Crippen LogP contribution in [0.4, 0.5) is 0 Å². The minimum Gasteiger partial charge on any atom is -0.370 e. The van der Waals surface area contributed by atoms with E-state index in [4.69, 9.17) is 16.9 Å². The SMILES string of the molecule is C/C(=C\c1ccccc1-c1cccc(C(N)=O)c1)C(=O)NC(=N)N. The lowest BCUT2D eigenvalue weighted by Crippen LogP contribution is -2.36. The molecule has 0 aliphatic rings. The summed E-state index contributed by atoms with van der Waals surface area (Å²) in [5.74, 6) is -1.35. The molecule has 122 valence electrons. The number of amides is 2. The van der Waals surface area contributed by atoms with E-state index in [0.29, 0.717) is 11.1 Å². The Kier molecular flexibility index (Phi) is 5.11. The van der Waals surface area contributed by atoms with E-state index in [1.54, 1.807) is 31.2 Å². The summed E-state index contributed by atoms with van der Waals surface area (Å²) in [6.07, 6.45) is 1.70. The summed E-state index contributed by atoms with van der Waals surface area (Å²) in [5.41, 5.74) is 13.8. The van der Waals surface area contributed by atoms with Gasteiger partial charge in [0.05, 0.1) is 0 Å². The Balaban J connectivity index is 2.44. The van der Waals surface area contributed by atoms with Crippen molar-refractivity contribution in [2.75, 3.05) is 0 Å². The highest BCUT2D eigenvalue weighted by Crippen LogP contribution is 2.26. The first-order valence-electron chi connectivity index (χ1n) is 7.21. The van der Waals surface area contributed by atoms with Crippen molar-refractivity contribution in [1.29, 1.82) is 5.41 Å². The van der Waals surface area contributed by atoms with Crippen molar-refractivity contribution in [3.05, 3.63) is 65.2 Å². The summed E-state index contributed by atoms with van der Waals surface area (Å²) in [5, 5.41) is 9.35. The lowest BCUT2D eigenvalue weighted by molar-refractivity contribution is -0.116. The molecule has 0 heterocycles. The summed E-state index contributed by atoms with van der Waals surface area (Å²) >= 11 is 0. The number of primary amides is 1. The van der Waals surface area contributed by atoms with Gasteiger partial charge in [-0.1, -0.05) is 36.4 Å². The van der Waals surface area contributed by atoms with E-state index in [0.717, 1.165) is 16.7 Å². The van der Waals surface area contributed by atoms with Crippen LogP contribution in [0, 0.1) is 5.41 Å². The monoisotopic (exact) mass is 322 g/mol. The molecular weight excluding hydrogens is 304 g/mol. The first-order valence-corrected chi connectivity index (χ1v) is 7.21. The minimum atomic E-state index is -0.498. The van der Waals surface area contributed by atoms with Crippen molar-refractivity contribution >= 4 is 23.8 Å². The average molecular weight is 322 g/mol. The van der Waals surface area contributed by atoms with Crippen LogP contribution in [0.15, 0.2) is 54.1 Å². The van der Waals surface area contributed by atoms with Gasteiger partial charge >= 0.3 is 0 Å². The maximum atomic E-state index is 11.9. The van der Waals surface area contributed by atoms with Gasteiger partial charge in [0.1, 0.15) is 0 Å². The zero-order valence-electron chi connectivity index (χ0n) is 13.2. The molecule has 6 nitrogen and oxygen atoms in total. The van der Waals surface area contributed by atoms with Gasteiger partial charge in [0.15, 0.2) is 5.96 Å². The van der Waals surface area contributed by atoms with Gasteiger partial charge in [-0.2, -0.15) is 0 Å². The molecular formula is C18H18N4O2. The number of rotatable bonds is 4. The summed E-state index contributed by atoms with van der Waals surface area (Å²) in [7, 11) is 0. The molecule has 0 aromatic heterocycles. The lowest BCUT2D eigenvalue weighted by atomic mass is 9.96. The van der Waals surface area contributed by atoms with Crippen LogP contribution in [0.5, 0.6) is 0 Å². The average Bonchev–Trinajstić information content (AvgIpc) is 2.54. The Hall–Kier alpha value is -3.41. The molecule has 2 amide bonds. The Bertz CT molecular complexity index is 840. The van der Waals surface area contributed by atoms with Crippen LogP contribution in [-0.2, 0) is 4.79 Å². The highest BCUT2D eigenvalue weighted by molar-refractivity contribution is 6.06. The number of nitrogens with two attached hydrogens (primary N) is 2. The summed E-state index contributed by atoms with van der Waals surface area (Å²) in [4.78, 5) is 23.3. The molecule has 2 aromatic rings. The van der Waals surface area contributed by atoms with Crippen molar-refractivity contribution < 1.29 is 9.59 Å². The molecule has 0 fully saturated rings. The maximum absolute atomic E-state index is 11.9. The highest BCUT2D eigenvalue weighted by Gasteiger charge is 2.09. The topological polar surface area (TPSA) is 122 Å². The van der Waals surface area contributed by atoms with Crippen molar-refractivity contribution in [3.8, 4) is 11.1 Å². The second-order valence-electron chi connectivity index (χ2n) is 5.23. The molecule has 0 atom stereocenters. The fourth-order valence-electron chi connectivity index (χ4n) is 2.25. The zero-order chi connectivity index (χ0) is 17.7. The Morgan fingerprint density at radius 2 is 1.79 bits per heavy atom. The summed E-state index contributed by atoms with van der Waals surface area (Å²) in [6, 6.07) is 14.4. The van der Waals surface area contributed by atoms with Crippen LogP contribution in [0.25, 0.3) is 17.2 Å².